The van der Waals surface area contributed by atoms with E-state index in [0.29, 0.717) is 37.4 Å². The molecule has 162 valence electrons. The molecule has 0 aliphatic carbocycles. The van der Waals surface area contributed by atoms with Crippen LogP contribution in [0.2, 0.25) is 5.02 Å². The highest BCUT2D eigenvalue weighted by Crippen LogP contribution is 2.39. The van der Waals surface area contributed by atoms with Gasteiger partial charge in [0, 0.05) is 22.4 Å². The summed E-state index contributed by atoms with van der Waals surface area (Å²) in [6, 6.07) is 18.8. The van der Waals surface area contributed by atoms with Gasteiger partial charge in [0.2, 0.25) is 0 Å². The van der Waals surface area contributed by atoms with Gasteiger partial charge < -0.3 is 0 Å². The molecule has 1 aromatic heterocycles. The molecule has 0 unspecified atom stereocenters. The molecule has 0 spiro atoms. The minimum atomic E-state index is -3.34. The summed E-state index contributed by atoms with van der Waals surface area (Å²) in [6.45, 7) is 0. The molecule has 0 aliphatic heterocycles. The van der Waals surface area contributed by atoms with E-state index in [1.807, 2.05) is 0 Å². The number of nitrogens with one attached hydrogen (secondary N) is 1. The Morgan fingerprint density at radius 3 is 2.28 bits per heavy atom. The molecule has 1 N–H and O–H groups in total. The first-order valence-electron chi connectivity index (χ1n) is 9.35. The number of hydrogen-bond donors (Lipinski definition) is 1. The van der Waals surface area contributed by atoms with Gasteiger partial charge in [-0.3, -0.25) is 10.1 Å². The summed E-state index contributed by atoms with van der Waals surface area (Å²) in [5, 5.41) is 3.56. The molecule has 5 nitrogen and oxygen atoms in total. The van der Waals surface area contributed by atoms with Crippen LogP contribution in [-0.2, 0) is 9.84 Å². The van der Waals surface area contributed by atoms with Crippen molar-refractivity contribution in [3.8, 4) is 21.7 Å². The number of halogens is 2. The minimum Gasteiger partial charge on any atom is -0.298 e. The van der Waals surface area contributed by atoms with E-state index in [-0.39, 0.29) is 16.6 Å². The van der Waals surface area contributed by atoms with Crippen molar-refractivity contribution in [1.29, 1.82) is 0 Å². The van der Waals surface area contributed by atoms with Crippen LogP contribution in [0.1, 0.15) is 10.4 Å². The lowest BCUT2D eigenvalue weighted by Gasteiger charge is -2.04. The van der Waals surface area contributed by atoms with Gasteiger partial charge in [-0.25, -0.2) is 17.8 Å². The van der Waals surface area contributed by atoms with Crippen LogP contribution in [0.5, 0.6) is 0 Å². The van der Waals surface area contributed by atoms with Crippen molar-refractivity contribution in [3.05, 3.63) is 89.2 Å². The van der Waals surface area contributed by atoms with Crippen LogP contribution in [-0.4, -0.2) is 25.6 Å². The van der Waals surface area contributed by atoms with E-state index in [2.05, 4.69) is 10.3 Å². The van der Waals surface area contributed by atoms with Crippen molar-refractivity contribution in [2.45, 2.75) is 4.90 Å². The Balaban J connectivity index is 1.75. The molecule has 0 saturated carbocycles. The van der Waals surface area contributed by atoms with E-state index in [0.717, 1.165) is 6.26 Å². The molecule has 0 radical (unpaired) electrons. The fourth-order valence-electron chi connectivity index (χ4n) is 3.03. The third-order valence-electron chi connectivity index (χ3n) is 4.60. The third-order valence-corrected chi connectivity index (χ3v) is 6.98. The zero-order chi connectivity index (χ0) is 22.9. The first-order valence-corrected chi connectivity index (χ1v) is 12.4. The minimum absolute atomic E-state index is 0.189. The monoisotopic (exact) mass is 486 g/mol. The number of carbonyl (C=O) groups is 1. The Labute approximate surface area is 193 Å². The van der Waals surface area contributed by atoms with Crippen LogP contribution in [0.4, 0.5) is 9.52 Å². The molecule has 0 atom stereocenters. The molecule has 0 aliphatic rings. The second-order valence-electron chi connectivity index (χ2n) is 6.96. The summed E-state index contributed by atoms with van der Waals surface area (Å²) in [5.41, 5.74) is 2.31. The Morgan fingerprint density at radius 1 is 1.00 bits per heavy atom. The highest BCUT2D eigenvalue weighted by Gasteiger charge is 2.18. The highest BCUT2D eigenvalue weighted by atomic mass is 35.5. The van der Waals surface area contributed by atoms with Gasteiger partial charge in [-0.15, -0.1) is 0 Å². The molecule has 0 fully saturated rings. The second-order valence-corrected chi connectivity index (χ2v) is 10.4. The van der Waals surface area contributed by atoms with Gasteiger partial charge >= 0.3 is 0 Å². The van der Waals surface area contributed by atoms with Gasteiger partial charge in [-0.1, -0.05) is 53.3 Å². The van der Waals surface area contributed by atoms with Crippen LogP contribution in [0.25, 0.3) is 21.7 Å². The topological polar surface area (TPSA) is 76.1 Å². The third kappa shape index (κ3) is 4.88. The Kier molecular flexibility index (Phi) is 6.10. The van der Waals surface area contributed by atoms with Gasteiger partial charge in [0.1, 0.15) is 5.82 Å². The van der Waals surface area contributed by atoms with Gasteiger partial charge in [-0.2, -0.15) is 0 Å². The van der Waals surface area contributed by atoms with Crippen molar-refractivity contribution in [1.82, 2.24) is 4.98 Å². The lowest BCUT2D eigenvalue weighted by molar-refractivity contribution is 0.102. The van der Waals surface area contributed by atoms with E-state index in [1.165, 1.54) is 35.6 Å². The molecule has 9 heteroatoms. The molecule has 32 heavy (non-hydrogen) atoms. The number of sulfone groups is 1. The summed E-state index contributed by atoms with van der Waals surface area (Å²) < 4.78 is 37.0. The molecule has 1 amide bonds. The molecule has 0 saturated heterocycles. The number of hydrogen-bond acceptors (Lipinski definition) is 5. The van der Waals surface area contributed by atoms with E-state index in [9.17, 15) is 17.6 Å². The lowest BCUT2D eigenvalue weighted by atomic mass is 10.1. The number of amides is 1. The Hall–Kier alpha value is -3.07. The largest absolute Gasteiger partial charge is 0.298 e. The van der Waals surface area contributed by atoms with Crippen molar-refractivity contribution < 1.29 is 17.6 Å². The first kappa shape index (κ1) is 22.1. The molecular weight excluding hydrogens is 471 g/mol. The molecule has 0 bridgehead atoms. The molecule has 1 heterocycles. The van der Waals surface area contributed by atoms with E-state index in [4.69, 9.17) is 11.6 Å². The highest BCUT2D eigenvalue weighted by molar-refractivity contribution is 7.90. The lowest BCUT2D eigenvalue weighted by Crippen LogP contribution is -2.11. The average Bonchev–Trinajstić information content (AvgIpc) is 3.17. The number of thiazole rings is 1. The van der Waals surface area contributed by atoms with Crippen molar-refractivity contribution in [2.24, 2.45) is 0 Å². The van der Waals surface area contributed by atoms with Gasteiger partial charge in [-0.05, 0) is 48.0 Å². The maximum absolute atomic E-state index is 13.4. The number of anilines is 1. The average molecular weight is 487 g/mol. The van der Waals surface area contributed by atoms with Gasteiger partial charge in [0.05, 0.1) is 15.5 Å². The number of aromatic nitrogens is 1. The fourth-order valence-corrected chi connectivity index (χ4v) is 4.83. The molecular formula is C23H16ClFN2O3S2. The number of carbonyl (C=O) groups excluding carboxylic acids is 1. The fraction of sp³-hybridized carbons (Fsp3) is 0.0435. The Morgan fingerprint density at radius 2 is 1.66 bits per heavy atom. The predicted molar refractivity (Wildman–Crippen MR) is 125 cm³/mol. The molecule has 4 rings (SSSR count). The van der Waals surface area contributed by atoms with Crippen LogP contribution in [0, 0.1) is 5.82 Å². The van der Waals surface area contributed by atoms with E-state index >= 15 is 0 Å². The second kappa shape index (κ2) is 8.82. The number of rotatable bonds is 5. The van der Waals surface area contributed by atoms with E-state index in [1.54, 1.807) is 48.5 Å². The van der Waals surface area contributed by atoms with Gasteiger partial charge in [0.15, 0.2) is 15.0 Å². The quantitative estimate of drug-likeness (QED) is 0.379. The normalized spacial score (nSPS) is 11.3. The summed E-state index contributed by atoms with van der Waals surface area (Å²) >= 11 is 7.21. The van der Waals surface area contributed by atoms with E-state index < -0.39 is 9.84 Å². The molecule has 3 aromatic carbocycles. The predicted octanol–water partition coefficient (Wildman–Crippen LogP) is 5.93. The smallest absolute Gasteiger partial charge is 0.257 e. The summed E-state index contributed by atoms with van der Waals surface area (Å²) in [5.74, 6) is -0.738. The maximum atomic E-state index is 13.4. The SMILES string of the molecule is CS(=O)(=O)c1ccc(-c2nc(NC(=O)c3cccc(Cl)c3)sc2-c2ccc(F)cc2)cc1. The zero-order valence-corrected chi connectivity index (χ0v) is 19.1. The van der Waals surface area contributed by atoms with Crippen molar-refractivity contribution in [2.75, 3.05) is 11.6 Å². The number of nitrogens with zero attached hydrogens (tertiary/aromatic N) is 1. The molecule has 4 aromatic rings. The van der Waals surface area contributed by atoms with Crippen molar-refractivity contribution >= 4 is 43.8 Å². The zero-order valence-electron chi connectivity index (χ0n) is 16.7. The van der Waals surface area contributed by atoms with Crippen LogP contribution in [0.15, 0.2) is 77.7 Å². The summed E-state index contributed by atoms with van der Waals surface area (Å²) in [4.78, 5) is 18.1. The summed E-state index contributed by atoms with van der Waals surface area (Å²) in [7, 11) is -3.34. The summed E-state index contributed by atoms with van der Waals surface area (Å²) in [6.07, 6.45) is 1.14. The standard InChI is InChI=1S/C23H16ClFN2O3S2/c1-32(29,30)19-11-7-14(8-12-19)20-21(15-5-9-18(25)10-6-15)31-23(26-20)27-22(28)16-3-2-4-17(24)13-16/h2-13H,1H3,(H,26,27,28). The maximum Gasteiger partial charge on any atom is 0.257 e. The van der Waals surface area contributed by atoms with Crippen LogP contribution in [0.3, 0.4) is 0 Å². The van der Waals surface area contributed by atoms with Crippen molar-refractivity contribution in [3.63, 3.8) is 0 Å². The first-order chi connectivity index (χ1) is 15.2. The Bertz CT molecular complexity index is 1400. The van der Waals surface area contributed by atoms with Gasteiger partial charge in [0.25, 0.3) is 5.91 Å². The number of benzene rings is 3. The van der Waals surface area contributed by atoms with Crippen LogP contribution < -0.4 is 5.32 Å². The van der Waals surface area contributed by atoms with Crippen LogP contribution >= 0.6 is 22.9 Å².